The van der Waals surface area contributed by atoms with Gasteiger partial charge in [-0.2, -0.15) is 0 Å². The zero-order valence-electron chi connectivity index (χ0n) is 7.42. The van der Waals surface area contributed by atoms with Crippen LogP contribution in [0.15, 0.2) is 15.8 Å². The van der Waals surface area contributed by atoms with E-state index in [2.05, 4.69) is 10.3 Å². The summed E-state index contributed by atoms with van der Waals surface area (Å²) in [4.78, 5) is 24.4. The molecule has 0 unspecified atom stereocenters. The van der Waals surface area contributed by atoms with Gasteiger partial charge in [-0.1, -0.05) is 11.6 Å². The molecule has 2 N–H and O–H groups in total. The van der Waals surface area contributed by atoms with Crippen LogP contribution in [0.25, 0.3) is 0 Å². The second-order valence-electron chi connectivity index (χ2n) is 3.41. The Kier molecular flexibility index (Phi) is 2.43. The number of aromatic amines is 1. The molecule has 0 bridgehead atoms. The second-order valence-corrected chi connectivity index (χ2v) is 3.82. The van der Waals surface area contributed by atoms with Gasteiger partial charge in [0, 0.05) is 31.7 Å². The van der Waals surface area contributed by atoms with Gasteiger partial charge in [-0.25, -0.2) is 4.79 Å². The molecule has 1 aromatic rings. The molecule has 0 aliphatic carbocycles. The van der Waals surface area contributed by atoms with Gasteiger partial charge < -0.3 is 5.32 Å². The molecule has 5 nitrogen and oxygen atoms in total. The predicted molar refractivity (Wildman–Crippen MR) is 52.7 cm³/mol. The summed E-state index contributed by atoms with van der Waals surface area (Å²) in [5, 5.41) is 3.16. The van der Waals surface area contributed by atoms with Crippen molar-refractivity contribution in [2.45, 2.75) is 6.54 Å². The van der Waals surface area contributed by atoms with Crippen molar-refractivity contribution >= 4 is 11.6 Å². The summed E-state index contributed by atoms with van der Waals surface area (Å²) in [7, 11) is 0. The van der Waals surface area contributed by atoms with Crippen LogP contribution in [0.5, 0.6) is 0 Å². The van der Waals surface area contributed by atoms with E-state index in [-0.39, 0.29) is 5.02 Å². The summed E-state index contributed by atoms with van der Waals surface area (Å²) in [6.07, 6.45) is 1.39. The summed E-state index contributed by atoms with van der Waals surface area (Å²) in [5.74, 6) is 0.453. The van der Waals surface area contributed by atoms with E-state index in [1.54, 1.807) is 0 Å². The molecule has 1 aliphatic rings. The van der Waals surface area contributed by atoms with E-state index in [0.717, 1.165) is 13.1 Å². The third-order valence-electron chi connectivity index (χ3n) is 2.29. The van der Waals surface area contributed by atoms with Crippen LogP contribution in [-0.4, -0.2) is 22.6 Å². The zero-order valence-corrected chi connectivity index (χ0v) is 8.17. The molecule has 0 spiro atoms. The molecule has 76 valence electrons. The third-order valence-corrected chi connectivity index (χ3v) is 2.56. The number of hydrogen-bond acceptors (Lipinski definition) is 3. The molecule has 0 atom stereocenters. The Labute approximate surface area is 84.7 Å². The fraction of sp³-hybridized carbons (Fsp3) is 0.500. The topological polar surface area (TPSA) is 66.9 Å². The first-order valence-electron chi connectivity index (χ1n) is 4.37. The van der Waals surface area contributed by atoms with Gasteiger partial charge in [0.15, 0.2) is 0 Å². The Morgan fingerprint density at radius 2 is 2.21 bits per heavy atom. The molecule has 2 heterocycles. The Hall–Kier alpha value is -1.07. The largest absolute Gasteiger partial charge is 0.328 e. The van der Waals surface area contributed by atoms with Crippen LogP contribution >= 0.6 is 11.6 Å². The highest BCUT2D eigenvalue weighted by atomic mass is 35.5. The van der Waals surface area contributed by atoms with E-state index in [1.807, 2.05) is 0 Å². The maximum atomic E-state index is 11.3. The monoisotopic (exact) mass is 215 g/mol. The lowest BCUT2D eigenvalue weighted by molar-refractivity contribution is 0.301. The van der Waals surface area contributed by atoms with E-state index < -0.39 is 11.2 Å². The van der Waals surface area contributed by atoms with E-state index in [9.17, 15) is 9.59 Å². The van der Waals surface area contributed by atoms with Crippen LogP contribution in [0.1, 0.15) is 0 Å². The Bertz CT molecular complexity index is 447. The van der Waals surface area contributed by atoms with Gasteiger partial charge in [0.1, 0.15) is 5.02 Å². The van der Waals surface area contributed by atoms with Gasteiger partial charge >= 0.3 is 5.69 Å². The van der Waals surface area contributed by atoms with Crippen LogP contribution in [0.2, 0.25) is 5.02 Å². The minimum atomic E-state index is -0.528. The molecule has 1 aliphatic heterocycles. The van der Waals surface area contributed by atoms with Gasteiger partial charge in [0.25, 0.3) is 5.56 Å². The molecular weight excluding hydrogens is 206 g/mol. The average molecular weight is 216 g/mol. The highest BCUT2D eigenvalue weighted by Crippen LogP contribution is 2.05. The van der Waals surface area contributed by atoms with E-state index in [0.29, 0.717) is 12.5 Å². The van der Waals surface area contributed by atoms with Gasteiger partial charge in [0.05, 0.1) is 0 Å². The third kappa shape index (κ3) is 1.73. The van der Waals surface area contributed by atoms with Crippen molar-refractivity contribution in [3.05, 3.63) is 32.1 Å². The van der Waals surface area contributed by atoms with Crippen LogP contribution in [-0.2, 0) is 6.54 Å². The lowest BCUT2D eigenvalue weighted by Crippen LogP contribution is -2.46. The summed E-state index contributed by atoms with van der Waals surface area (Å²) >= 11 is 5.61. The fourth-order valence-electron chi connectivity index (χ4n) is 1.37. The van der Waals surface area contributed by atoms with Crippen LogP contribution in [0.3, 0.4) is 0 Å². The zero-order chi connectivity index (χ0) is 10.1. The predicted octanol–water partition coefficient (Wildman–Crippen LogP) is -0.591. The number of halogens is 1. The molecule has 0 radical (unpaired) electrons. The van der Waals surface area contributed by atoms with Crippen molar-refractivity contribution in [3.63, 3.8) is 0 Å². The van der Waals surface area contributed by atoms with E-state index >= 15 is 0 Å². The maximum absolute atomic E-state index is 11.3. The highest BCUT2D eigenvalue weighted by Gasteiger charge is 2.17. The molecule has 6 heteroatoms. The normalized spacial score (nSPS) is 16.6. The Morgan fingerprint density at radius 1 is 1.50 bits per heavy atom. The molecule has 0 amide bonds. The summed E-state index contributed by atoms with van der Waals surface area (Å²) < 4.78 is 1.44. The van der Waals surface area contributed by atoms with Crippen molar-refractivity contribution in [1.29, 1.82) is 0 Å². The van der Waals surface area contributed by atoms with Gasteiger partial charge in [-0.15, -0.1) is 0 Å². The van der Waals surface area contributed by atoms with Crippen LogP contribution in [0.4, 0.5) is 0 Å². The van der Waals surface area contributed by atoms with Crippen molar-refractivity contribution in [2.24, 2.45) is 5.92 Å². The van der Waals surface area contributed by atoms with Gasteiger partial charge in [-0.05, 0) is 0 Å². The lowest BCUT2D eigenvalue weighted by Gasteiger charge is -2.27. The van der Waals surface area contributed by atoms with Crippen molar-refractivity contribution in [2.75, 3.05) is 13.1 Å². The van der Waals surface area contributed by atoms with Crippen LogP contribution < -0.4 is 16.6 Å². The molecule has 2 rings (SSSR count). The Morgan fingerprint density at radius 3 is 2.79 bits per heavy atom. The van der Waals surface area contributed by atoms with Gasteiger partial charge in [-0.3, -0.25) is 14.3 Å². The molecule has 1 fully saturated rings. The van der Waals surface area contributed by atoms with Gasteiger partial charge in [0.2, 0.25) is 0 Å². The summed E-state index contributed by atoms with van der Waals surface area (Å²) in [6.45, 7) is 2.41. The molecule has 0 saturated carbocycles. The quantitative estimate of drug-likeness (QED) is 0.693. The lowest BCUT2D eigenvalue weighted by atomic mass is 10.0. The highest BCUT2D eigenvalue weighted by molar-refractivity contribution is 6.30. The smallest absolute Gasteiger partial charge is 0.316 e. The number of nitrogens with one attached hydrogen (secondary N) is 2. The van der Waals surface area contributed by atoms with Crippen LogP contribution in [0, 0.1) is 5.92 Å². The van der Waals surface area contributed by atoms with Crippen molar-refractivity contribution in [3.8, 4) is 0 Å². The molecule has 1 aromatic heterocycles. The minimum absolute atomic E-state index is 0.0527. The number of hydrogen-bond donors (Lipinski definition) is 2. The fourth-order valence-corrected chi connectivity index (χ4v) is 1.54. The van der Waals surface area contributed by atoms with E-state index in [4.69, 9.17) is 11.6 Å². The summed E-state index contributed by atoms with van der Waals surface area (Å²) in [5.41, 5.74) is -0.925. The number of rotatable bonds is 2. The van der Waals surface area contributed by atoms with Crippen molar-refractivity contribution in [1.82, 2.24) is 14.9 Å². The number of H-pyrrole nitrogens is 1. The Balaban J connectivity index is 2.28. The number of aromatic nitrogens is 2. The molecule has 14 heavy (non-hydrogen) atoms. The molecular formula is C8H10ClN3O2. The first-order chi connectivity index (χ1) is 6.66. The van der Waals surface area contributed by atoms with E-state index in [1.165, 1.54) is 10.8 Å². The first kappa shape index (κ1) is 9.48. The standard InChI is InChI=1S/C8H10ClN3O2/c9-6-4-12(3-5-1-10-2-5)8(14)11-7(6)13/h4-5,10H,1-3H2,(H,11,13,14). The number of nitrogens with zero attached hydrogens (tertiary/aromatic N) is 1. The SMILES string of the molecule is O=c1[nH]c(=O)n(CC2CNC2)cc1Cl. The second kappa shape index (κ2) is 3.59. The molecule has 1 saturated heterocycles. The minimum Gasteiger partial charge on any atom is -0.316 e. The summed E-state index contributed by atoms with van der Waals surface area (Å²) in [6, 6.07) is 0. The maximum Gasteiger partial charge on any atom is 0.328 e. The first-order valence-corrected chi connectivity index (χ1v) is 4.74. The average Bonchev–Trinajstić information content (AvgIpc) is 2.06. The van der Waals surface area contributed by atoms with Crippen molar-refractivity contribution < 1.29 is 0 Å². The molecule has 0 aromatic carbocycles.